The Hall–Kier alpha value is -2.18. The molecule has 2 aromatic carbocycles. The van der Waals surface area contributed by atoms with Gasteiger partial charge < -0.3 is 8.92 Å². The normalized spacial score (nSPS) is 11.0. The van der Waals surface area contributed by atoms with Gasteiger partial charge in [-0.15, -0.1) is 0 Å². The molecular formula is C15H10BrF2NO4S. The van der Waals surface area contributed by atoms with Gasteiger partial charge in [-0.05, 0) is 41.1 Å². The summed E-state index contributed by atoms with van der Waals surface area (Å²) >= 11 is 3.09. The van der Waals surface area contributed by atoms with Crippen molar-refractivity contribution >= 4 is 26.0 Å². The van der Waals surface area contributed by atoms with E-state index >= 15 is 0 Å². The molecule has 126 valence electrons. The van der Waals surface area contributed by atoms with E-state index in [1.54, 1.807) is 6.92 Å². The Morgan fingerprint density at radius 3 is 2.54 bits per heavy atom. The van der Waals surface area contributed by atoms with Crippen molar-refractivity contribution in [3.63, 3.8) is 0 Å². The van der Waals surface area contributed by atoms with E-state index in [4.69, 9.17) is 14.2 Å². The molecule has 0 aliphatic carbocycles. The molecule has 0 spiro atoms. The molecular weight excluding hydrogens is 408 g/mol. The fourth-order valence-corrected chi connectivity index (χ4v) is 3.45. The molecule has 0 saturated heterocycles. The number of hydrogen-bond donors (Lipinski definition) is 0. The molecule has 0 bridgehead atoms. The zero-order chi connectivity index (χ0) is 17.9. The number of rotatable bonds is 5. The Bertz CT molecular complexity index is 926. The predicted molar refractivity (Wildman–Crippen MR) is 84.2 cm³/mol. The van der Waals surface area contributed by atoms with Crippen molar-refractivity contribution in [1.29, 1.82) is 5.26 Å². The summed E-state index contributed by atoms with van der Waals surface area (Å²) in [5.41, 5.74) is 0.211. The van der Waals surface area contributed by atoms with Crippen molar-refractivity contribution in [3.8, 4) is 17.6 Å². The Morgan fingerprint density at radius 2 is 1.96 bits per heavy atom. The van der Waals surface area contributed by atoms with Crippen molar-refractivity contribution < 1.29 is 26.1 Å². The maximum absolute atomic E-state index is 13.7. The zero-order valence-corrected chi connectivity index (χ0v) is 14.6. The van der Waals surface area contributed by atoms with Gasteiger partial charge in [-0.1, -0.05) is 0 Å². The van der Waals surface area contributed by atoms with E-state index < -0.39 is 26.6 Å². The van der Waals surface area contributed by atoms with Crippen molar-refractivity contribution in [2.45, 2.75) is 11.8 Å². The lowest BCUT2D eigenvalue weighted by atomic mass is 10.2. The molecule has 2 rings (SSSR count). The second-order valence-electron chi connectivity index (χ2n) is 4.44. The van der Waals surface area contributed by atoms with Crippen LogP contribution in [0, 0.1) is 23.0 Å². The first kappa shape index (κ1) is 18.2. The first-order valence-corrected chi connectivity index (χ1v) is 8.74. The Kier molecular flexibility index (Phi) is 5.41. The quantitative estimate of drug-likeness (QED) is 0.692. The summed E-state index contributed by atoms with van der Waals surface area (Å²) in [6.45, 7) is 1.84. The van der Waals surface area contributed by atoms with Gasteiger partial charge in [0.05, 0.1) is 22.7 Å². The van der Waals surface area contributed by atoms with E-state index in [1.165, 1.54) is 12.1 Å². The van der Waals surface area contributed by atoms with Gasteiger partial charge in [-0.2, -0.15) is 13.7 Å². The van der Waals surface area contributed by atoms with Crippen molar-refractivity contribution in [2.24, 2.45) is 0 Å². The average Bonchev–Trinajstić information content (AvgIpc) is 2.50. The zero-order valence-electron chi connectivity index (χ0n) is 12.2. The van der Waals surface area contributed by atoms with Gasteiger partial charge >= 0.3 is 10.1 Å². The maximum Gasteiger partial charge on any atom is 0.342 e. The standard InChI is InChI=1S/C15H10BrF2NO4S/c1-2-22-13-6-9(8-19)5-11(16)15(13)23-24(20,21)14-4-3-10(17)7-12(14)18/h3-7H,2H2,1H3. The van der Waals surface area contributed by atoms with Crippen LogP contribution in [0.15, 0.2) is 39.7 Å². The molecule has 5 nitrogen and oxygen atoms in total. The molecule has 2 aromatic rings. The SMILES string of the molecule is CCOc1cc(C#N)cc(Br)c1OS(=O)(=O)c1ccc(F)cc1F. The first-order chi connectivity index (χ1) is 11.3. The van der Waals surface area contributed by atoms with E-state index in [2.05, 4.69) is 15.9 Å². The Morgan fingerprint density at radius 1 is 1.25 bits per heavy atom. The van der Waals surface area contributed by atoms with Crippen LogP contribution in [-0.2, 0) is 10.1 Å². The van der Waals surface area contributed by atoms with E-state index in [0.717, 1.165) is 12.1 Å². The second-order valence-corrected chi connectivity index (χ2v) is 6.81. The lowest BCUT2D eigenvalue weighted by Gasteiger charge is -2.14. The van der Waals surface area contributed by atoms with Crippen molar-refractivity contribution in [1.82, 2.24) is 0 Å². The fourth-order valence-electron chi connectivity index (χ4n) is 1.81. The molecule has 0 fully saturated rings. The molecule has 0 radical (unpaired) electrons. The highest BCUT2D eigenvalue weighted by atomic mass is 79.9. The van der Waals surface area contributed by atoms with Gasteiger partial charge in [0, 0.05) is 12.1 Å². The number of halogens is 3. The van der Waals surface area contributed by atoms with Crippen LogP contribution in [0.5, 0.6) is 11.5 Å². The summed E-state index contributed by atoms with van der Waals surface area (Å²) in [6, 6.07) is 6.51. The molecule has 0 atom stereocenters. The molecule has 0 aliphatic heterocycles. The van der Waals surface area contributed by atoms with Crippen molar-refractivity contribution in [2.75, 3.05) is 6.61 Å². The molecule has 0 unspecified atom stereocenters. The highest BCUT2D eigenvalue weighted by molar-refractivity contribution is 9.10. The molecule has 24 heavy (non-hydrogen) atoms. The molecule has 0 saturated carbocycles. The predicted octanol–water partition coefficient (Wildman–Crippen LogP) is 3.77. The Balaban J connectivity index is 2.51. The van der Waals surface area contributed by atoms with Crippen LogP contribution in [0.1, 0.15) is 12.5 Å². The second kappa shape index (κ2) is 7.15. The summed E-state index contributed by atoms with van der Waals surface area (Å²) < 4.78 is 61.6. The summed E-state index contributed by atoms with van der Waals surface area (Å²) in [4.78, 5) is -0.817. The van der Waals surface area contributed by atoms with Crippen LogP contribution >= 0.6 is 15.9 Å². The molecule has 0 N–H and O–H groups in total. The highest BCUT2D eigenvalue weighted by Gasteiger charge is 2.25. The third kappa shape index (κ3) is 3.83. The summed E-state index contributed by atoms with van der Waals surface area (Å²) in [7, 11) is -4.58. The summed E-state index contributed by atoms with van der Waals surface area (Å²) in [5, 5.41) is 8.95. The number of nitriles is 1. The number of hydrogen-bond acceptors (Lipinski definition) is 5. The summed E-state index contributed by atoms with van der Waals surface area (Å²) in [5.74, 6) is -2.44. The minimum absolute atomic E-state index is 0.00507. The van der Waals surface area contributed by atoms with Crippen LogP contribution < -0.4 is 8.92 Å². The largest absolute Gasteiger partial charge is 0.490 e. The van der Waals surface area contributed by atoms with Crippen LogP contribution in [0.25, 0.3) is 0 Å². The first-order valence-electron chi connectivity index (χ1n) is 6.54. The van der Waals surface area contributed by atoms with Crippen LogP contribution in [0.2, 0.25) is 0 Å². The highest BCUT2D eigenvalue weighted by Crippen LogP contribution is 2.38. The van der Waals surface area contributed by atoms with Gasteiger partial charge in [-0.3, -0.25) is 0 Å². The third-order valence-electron chi connectivity index (χ3n) is 2.79. The molecule has 9 heteroatoms. The van der Waals surface area contributed by atoms with Gasteiger partial charge in [0.2, 0.25) is 0 Å². The summed E-state index contributed by atoms with van der Waals surface area (Å²) in [6.07, 6.45) is 0. The van der Waals surface area contributed by atoms with Gasteiger partial charge in [0.15, 0.2) is 11.5 Å². The molecule has 0 aliphatic rings. The fraction of sp³-hybridized carbons (Fsp3) is 0.133. The lowest BCUT2D eigenvalue weighted by molar-refractivity contribution is 0.326. The molecule has 0 aromatic heterocycles. The van der Waals surface area contributed by atoms with E-state index in [-0.39, 0.29) is 28.1 Å². The minimum Gasteiger partial charge on any atom is -0.490 e. The monoisotopic (exact) mass is 417 g/mol. The van der Waals surface area contributed by atoms with Gasteiger partial charge in [0.1, 0.15) is 16.5 Å². The number of ether oxygens (including phenoxy) is 1. The van der Waals surface area contributed by atoms with Gasteiger partial charge in [-0.25, -0.2) is 8.78 Å². The van der Waals surface area contributed by atoms with E-state index in [9.17, 15) is 17.2 Å². The van der Waals surface area contributed by atoms with E-state index in [1.807, 2.05) is 6.07 Å². The smallest absolute Gasteiger partial charge is 0.342 e. The number of benzene rings is 2. The minimum atomic E-state index is -4.58. The average molecular weight is 418 g/mol. The van der Waals surface area contributed by atoms with Gasteiger partial charge in [0.25, 0.3) is 0 Å². The maximum atomic E-state index is 13.7. The van der Waals surface area contributed by atoms with E-state index in [0.29, 0.717) is 6.07 Å². The molecule has 0 amide bonds. The Labute approximate surface area is 145 Å². The topological polar surface area (TPSA) is 76.4 Å². The lowest BCUT2D eigenvalue weighted by Crippen LogP contribution is -2.13. The molecule has 0 heterocycles. The van der Waals surface area contributed by atoms with Crippen molar-refractivity contribution in [3.05, 3.63) is 52.0 Å². The van der Waals surface area contributed by atoms with Crippen LogP contribution in [-0.4, -0.2) is 15.0 Å². The van der Waals surface area contributed by atoms with Crippen LogP contribution in [0.4, 0.5) is 8.78 Å². The number of nitrogens with zero attached hydrogens (tertiary/aromatic N) is 1. The van der Waals surface area contributed by atoms with Crippen LogP contribution in [0.3, 0.4) is 0 Å². The third-order valence-corrected chi connectivity index (χ3v) is 4.64.